The Morgan fingerprint density at radius 1 is 1.22 bits per heavy atom. The summed E-state index contributed by atoms with van der Waals surface area (Å²) < 4.78 is 0. The quantitative estimate of drug-likeness (QED) is 0.790. The standard InChI is InChI=1S/C18H30N4O/c1-15(14-22-10-8-21(2)9-11-22)13-20-18(23)12-17(19)16-6-4-3-5-7-16/h3-7,15,17H,8-14,19H2,1-2H3,(H,20,23). The van der Waals surface area contributed by atoms with E-state index in [4.69, 9.17) is 5.73 Å². The van der Waals surface area contributed by atoms with E-state index < -0.39 is 0 Å². The van der Waals surface area contributed by atoms with Crippen molar-refractivity contribution >= 4 is 5.91 Å². The first-order valence-electron chi connectivity index (χ1n) is 8.52. The van der Waals surface area contributed by atoms with Crippen molar-refractivity contribution in [3.63, 3.8) is 0 Å². The molecule has 1 aromatic carbocycles. The van der Waals surface area contributed by atoms with E-state index in [1.54, 1.807) is 0 Å². The second kappa shape index (κ2) is 9.01. The lowest BCUT2D eigenvalue weighted by atomic mass is 10.0. The summed E-state index contributed by atoms with van der Waals surface area (Å²) >= 11 is 0. The second-order valence-electron chi connectivity index (χ2n) is 6.73. The summed E-state index contributed by atoms with van der Waals surface area (Å²) in [4.78, 5) is 16.9. The average Bonchev–Trinajstić information content (AvgIpc) is 2.56. The topological polar surface area (TPSA) is 61.6 Å². The van der Waals surface area contributed by atoms with E-state index in [-0.39, 0.29) is 11.9 Å². The summed E-state index contributed by atoms with van der Waals surface area (Å²) in [7, 11) is 2.16. The molecular formula is C18H30N4O. The molecule has 5 heteroatoms. The minimum absolute atomic E-state index is 0.0339. The molecule has 3 N–H and O–H groups in total. The van der Waals surface area contributed by atoms with Gasteiger partial charge in [0.15, 0.2) is 0 Å². The Labute approximate surface area is 139 Å². The van der Waals surface area contributed by atoms with Gasteiger partial charge in [-0.15, -0.1) is 0 Å². The van der Waals surface area contributed by atoms with E-state index in [1.807, 2.05) is 30.3 Å². The van der Waals surface area contributed by atoms with E-state index in [0.29, 0.717) is 18.9 Å². The minimum Gasteiger partial charge on any atom is -0.356 e. The average molecular weight is 318 g/mol. The number of benzene rings is 1. The van der Waals surface area contributed by atoms with Crippen LogP contribution >= 0.6 is 0 Å². The highest BCUT2D eigenvalue weighted by Gasteiger charge is 2.17. The van der Waals surface area contributed by atoms with Crippen LogP contribution in [0.2, 0.25) is 0 Å². The first-order chi connectivity index (χ1) is 11.0. The van der Waals surface area contributed by atoms with E-state index in [2.05, 4.69) is 29.1 Å². The summed E-state index contributed by atoms with van der Waals surface area (Å²) in [6.07, 6.45) is 0.339. The fraction of sp³-hybridized carbons (Fsp3) is 0.611. The molecule has 0 bridgehead atoms. The number of nitrogens with one attached hydrogen (secondary N) is 1. The van der Waals surface area contributed by atoms with Gasteiger partial charge in [0.2, 0.25) is 5.91 Å². The lowest BCUT2D eigenvalue weighted by Gasteiger charge is -2.34. The number of carbonyl (C=O) groups excluding carboxylic acids is 1. The van der Waals surface area contributed by atoms with Crippen molar-refractivity contribution in [2.45, 2.75) is 19.4 Å². The van der Waals surface area contributed by atoms with E-state index in [0.717, 1.165) is 38.3 Å². The Hall–Kier alpha value is -1.43. The molecule has 5 nitrogen and oxygen atoms in total. The molecule has 128 valence electrons. The second-order valence-corrected chi connectivity index (χ2v) is 6.73. The number of carbonyl (C=O) groups is 1. The van der Waals surface area contributed by atoms with Gasteiger partial charge in [0.1, 0.15) is 0 Å². The van der Waals surface area contributed by atoms with Crippen molar-refractivity contribution in [2.75, 3.05) is 46.3 Å². The summed E-state index contributed by atoms with van der Waals surface area (Å²) in [5, 5.41) is 3.03. The highest BCUT2D eigenvalue weighted by atomic mass is 16.1. The highest BCUT2D eigenvalue weighted by Crippen LogP contribution is 2.13. The van der Waals surface area contributed by atoms with Gasteiger partial charge in [0.05, 0.1) is 0 Å². The van der Waals surface area contributed by atoms with Crippen LogP contribution in [0.4, 0.5) is 0 Å². The smallest absolute Gasteiger partial charge is 0.221 e. The Morgan fingerprint density at radius 2 is 1.87 bits per heavy atom. The van der Waals surface area contributed by atoms with Crippen LogP contribution < -0.4 is 11.1 Å². The zero-order valence-corrected chi connectivity index (χ0v) is 14.4. The van der Waals surface area contributed by atoms with Crippen LogP contribution in [0.5, 0.6) is 0 Å². The van der Waals surface area contributed by atoms with Crippen molar-refractivity contribution < 1.29 is 4.79 Å². The molecule has 1 fully saturated rings. The molecule has 0 aromatic heterocycles. The molecule has 23 heavy (non-hydrogen) atoms. The molecule has 1 aromatic rings. The molecule has 2 rings (SSSR count). The van der Waals surface area contributed by atoms with Crippen molar-refractivity contribution in [1.29, 1.82) is 0 Å². The fourth-order valence-corrected chi connectivity index (χ4v) is 2.91. The predicted molar refractivity (Wildman–Crippen MR) is 94.1 cm³/mol. The number of nitrogens with zero attached hydrogens (tertiary/aromatic N) is 2. The molecule has 0 aliphatic carbocycles. The third-order valence-electron chi connectivity index (χ3n) is 4.45. The van der Waals surface area contributed by atoms with E-state index in [1.165, 1.54) is 0 Å². The van der Waals surface area contributed by atoms with Gasteiger partial charge in [-0.2, -0.15) is 0 Å². The first-order valence-corrected chi connectivity index (χ1v) is 8.52. The summed E-state index contributed by atoms with van der Waals surface area (Å²) in [6, 6.07) is 9.55. The first kappa shape index (κ1) is 17.9. The lowest BCUT2D eigenvalue weighted by molar-refractivity contribution is -0.121. The molecule has 1 aliphatic heterocycles. The van der Waals surface area contributed by atoms with Crippen LogP contribution in [0.15, 0.2) is 30.3 Å². The third kappa shape index (κ3) is 6.29. The SMILES string of the molecule is CC(CNC(=O)CC(N)c1ccccc1)CN1CCN(C)CC1. The van der Waals surface area contributed by atoms with Crippen molar-refractivity contribution in [3.05, 3.63) is 35.9 Å². The summed E-state index contributed by atoms with van der Waals surface area (Å²) in [5.74, 6) is 0.488. The number of rotatable bonds is 7. The van der Waals surface area contributed by atoms with E-state index >= 15 is 0 Å². The van der Waals surface area contributed by atoms with Gasteiger partial charge in [-0.25, -0.2) is 0 Å². The largest absolute Gasteiger partial charge is 0.356 e. The number of hydrogen-bond acceptors (Lipinski definition) is 4. The van der Waals surface area contributed by atoms with Crippen LogP contribution in [0.1, 0.15) is 24.9 Å². The van der Waals surface area contributed by atoms with Crippen LogP contribution in [0.3, 0.4) is 0 Å². The molecule has 1 heterocycles. The fourth-order valence-electron chi connectivity index (χ4n) is 2.91. The van der Waals surface area contributed by atoms with Gasteiger partial charge in [0.25, 0.3) is 0 Å². The van der Waals surface area contributed by atoms with Crippen LogP contribution in [0.25, 0.3) is 0 Å². The molecule has 1 saturated heterocycles. The van der Waals surface area contributed by atoms with Gasteiger partial charge >= 0.3 is 0 Å². The van der Waals surface area contributed by atoms with Crippen LogP contribution in [-0.4, -0.2) is 62.0 Å². The van der Waals surface area contributed by atoms with Gasteiger partial charge < -0.3 is 20.9 Å². The molecule has 1 amide bonds. The van der Waals surface area contributed by atoms with Crippen LogP contribution in [-0.2, 0) is 4.79 Å². The summed E-state index contributed by atoms with van der Waals surface area (Å²) in [5.41, 5.74) is 7.10. The minimum atomic E-state index is -0.232. The van der Waals surface area contributed by atoms with Gasteiger partial charge in [-0.3, -0.25) is 4.79 Å². The van der Waals surface area contributed by atoms with Crippen molar-refractivity contribution in [1.82, 2.24) is 15.1 Å². The number of piperazine rings is 1. The van der Waals surface area contributed by atoms with Crippen LogP contribution in [0, 0.1) is 5.92 Å². The Kier molecular flexibility index (Phi) is 7.02. The number of nitrogens with two attached hydrogens (primary N) is 1. The number of amides is 1. The highest BCUT2D eigenvalue weighted by molar-refractivity contribution is 5.76. The molecule has 1 aliphatic rings. The molecule has 2 unspecified atom stereocenters. The monoisotopic (exact) mass is 318 g/mol. The molecule has 0 radical (unpaired) electrons. The maximum Gasteiger partial charge on any atom is 0.221 e. The maximum absolute atomic E-state index is 12.1. The third-order valence-corrected chi connectivity index (χ3v) is 4.45. The Balaban J connectivity index is 1.65. The molecular weight excluding hydrogens is 288 g/mol. The summed E-state index contributed by atoms with van der Waals surface area (Å²) in [6.45, 7) is 8.44. The lowest BCUT2D eigenvalue weighted by Crippen LogP contribution is -2.47. The Bertz CT molecular complexity index is 471. The molecule has 0 spiro atoms. The van der Waals surface area contributed by atoms with Gasteiger partial charge in [-0.05, 0) is 18.5 Å². The maximum atomic E-state index is 12.1. The zero-order chi connectivity index (χ0) is 16.7. The molecule has 0 saturated carbocycles. The zero-order valence-electron chi connectivity index (χ0n) is 14.4. The van der Waals surface area contributed by atoms with E-state index in [9.17, 15) is 4.79 Å². The van der Waals surface area contributed by atoms with Gasteiger partial charge in [-0.1, -0.05) is 37.3 Å². The van der Waals surface area contributed by atoms with Gasteiger partial charge in [0, 0.05) is 51.7 Å². The normalized spacial score (nSPS) is 19.3. The number of likely N-dealkylation sites (N-methyl/N-ethyl adjacent to an activating group) is 1. The number of hydrogen-bond donors (Lipinski definition) is 2. The molecule has 2 atom stereocenters. The van der Waals surface area contributed by atoms with Crippen molar-refractivity contribution in [3.8, 4) is 0 Å². The Morgan fingerprint density at radius 3 is 2.52 bits per heavy atom. The van der Waals surface area contributed by atoms with Crippen molar-refractivity contribution in [2.24, 2.45) is 11.7 Å². The predicted octanol–water partition coefficient (Wildman–Crippen LogP) is 1.08.